The van der Waals surface area contributed by atoms with Crippen LogP contribution in [-0.4, -0.2) is 33.8 Å². The van der Waals surface area contributed by atoms with Crippen LogP contribution >= 0.6 is 11.3 Å². The number of nitrogens with zero attached hydrogens (tertiary/aromatic N) is 2. The van der Waals surface area contributed by atoms with Crippen molar-refractivity contribution in [1.82, 2.24) is 9.55 Å². The molecular weight excluding hydrogens is 368 g/mol. The number of imidazole rings is 1. The number of hydrogen-bond acceptors (Lipinski definition) is 7. The molecule has 0 radical (unpaired) electrons. The van der Waals surface area contributed by atoms with Crippen molar-refractivity contribution in [2.45, 2.75) is 53.3 Å². The van der Waals surface area contributed by atoms with Gasteiger partial charge in [-0.15, -0.1) is 11.3 Å². The van der Waals surface area contributed by atoms with Crippen molar-refractivity contribution in [2.75, 3.05) is 17.2 Å². The maximum Gasteiger partial charge on any atom is 0.412 e. The predicted molar refractivity (Wildman–Crippen MR) is 105 cm³/mol. The average Bonchev–Trinajstić information content (AvgIpc) is 3.17. The summed E-state index contributed by atoms with van der Waals surface area (Å²) in [6.07, 6.45) is 3.05. The van der Waals surface area contributed by atoms with Gasteiger partial charge >= 0.3 is 12.1 Å². The minimum Gasteiger partial charge on any atom is -0.462 e. The van der Waals surface area contributed by atoms with Crippen LogP contribution in [0.25, 0.3) is 0 Å². The lowest BCUT2D eigenvalue weighted by Gasteiger charge is -2.19. The quantitative estimate of drug-likeness (QED) is 0.687. The summed E-state index contributed by atoms with van der Waals surface area (Å²) in [5, 5.41) is 6.42. The van der Waals surface area contributed by atoms with Crippen molar-refractivity contribution < 1.29 is 19.1 Å². The van der Waals surface area contributed by atoms with Crippen LogP contribution in [0, 0.1) is 0 Å². The van der Waals surface area contributed by atoms with Crippen molar-refractivity contribution in [1.29, 1.82) is 0 Å². The molecule has 0 saturated heterocycles. The van der Waals surface area contributed by atoms with Crippen molar-refractivity contribution in [3.8, 4) is 0 Å². The first-order valence-corrected chi connectivity index (χ1v) is 9.60. The molecule has 2 aromatic heterocycles. The first-order valence-electron chi connectivity index (χ1n) is 8.78. The number of thiophene rings is 1. The molecule has 8 nitrogen and oxygen atoms in total. The van der Waals surface area contributed by atoms with E-state index in [0.29, 0.717) is 22.1 Å². The maximum atomic E-state index is 12.1. The SMILES string of the molecule is CCOC(=O)c1cc(NCc2nccn2CC)c(NC(=O)OC(C)(C)C)s1. The highest BCUT2D eigenvalue weighted by atomic mass is 32.1. The van der Waals surface area contributed by atoms with Crippen molar-refractivity contribution in [3.63, 3.8) is 0 Å². The smallest absolute Gasteiger partial charge is 0.412 e. The fourth-order valence-corrected chi connectivity index (χ4v) is 3.20. The number of aryl methyl sites for hydroxylation is 1. The molecule has 9 heteroatoms. The van der Waals surface area contributed by atoms with Crippen LogP contribution in [-0.2, 0) is 22.6 Å². The van der Waals surface area contributed by atoms with Gasteiger partial charge in [0, 0.05) is 18.9 Å². The Morgan fingerprint density at radius 2 is 2.04 bits per heavy atom. The molecule has 2 heterocycles. The molecule has 2 rings (SSSR count). The zero-order valence-corrected chi connectivity index (χ0v) is 17.1. The highest BCUT2D eigenvalue weighted by Gasteiger charge is 2.21. The number of aromatic nitrogens is 2. The molecule has 0 saturated carbocycles. The van der Waals surface area contributed by atoms with E-state index in [1.165, 1.54) is 0 Å². The molecule has 0 aliphatic heterocycles. The summed E-state index contributed by atoms with van der Waals surface area (Å²) in [7, 11) is 0. The average molecular weight is 394 g/mol. The van der Waals surface area contributed by atoms with E-state index in [1.807, 2.05) is 17.7 Å². The normalized spacial score (nSPS) is 11.1. The number of amides is 1. The number of nitrogens with one attached hydrogen (secondary N) is 2. The van der Waals surface area contributed by atoms with Gasteiger partial charge in [0.05, 0.1) is 18.8 Å². The molecule has 0 fully saturated rings. The van der Waals surface area contributed by atoms with Crippen LogP contribution in [0.15, 0.2) is 18.5 Å². The molecule has 2 N–H and O–H groups in total. The first kappa shape index (κ1) is 20.8. The summed E-state index contributed by atoms with van der Waals surface area (Å²) in [5.74, 6) is 0.419. The van der Waals surface area contributed by atoms with Crippen molar-refractivity contribution >= 4 is 34.1 Å². The number of hydrogen-bond donors (Lipinski definition) is 2. The molecule has 0 bridgehead atoms. The molecule has 27 heavy (non-hydrogen) atoms. The Morgan fingerprint density at radius 1 is 1.30 bits per heavy atom. The zero-order chi connectivity index (χ0) is 20.0. The zero-order valence-electron chi connectivity index (χ0n) is 16.3. The number of rotatable bonds is 7. The lowest BCUT2D eigenvalue weighted by atomic mass is 10.2. The maximum absolute atomic E-state index is 12.1. The number of anilines is 2. The Hall–Kier alpha value is -2.55. The lowest BCUT2D eigenvalue weighted by Crippen LogP contribution is -2.27. The van der Waals surface area contributed by atoms with E-state index in [0.717, 1.165) is 23.7 Å². The highest BCUT2D eigenvalue weighted by Crippen LogP contribution is 2.34. The van der Waals surface area contributed by atoms with E-state index < -0.39 is 17.7 Å². The molecule has 1 amide bonds. The topological polar surface area (TPSA) is 94.5 Å². The fraction of sp³-hybridized carbons (Fsp3) is 0.500. The standard InChI is InChI=1S/C18H26N4O4S/c1-6-22-9-8-19-14(22)11-20-12-10-13(16(23)25-7-2)27-15(12)21-17(24)26-18(3,4)5/h8-10,20H,6-7,11H2,1-5H3,(H,21,24). The largest absolute Gasteiger partial charge is 0.462 e. The molecule has 0 aromatic carbocycles. The van der Waals surface area contributed by atoms with Gasteiger partial charge in [0.1, 0.15) is 21.3 Å². The van der Waals surface area contributed by atoms with E-state index in [1.54, 1.807) is 40.0 Å². The molecule has 148 valence electrons. The molecular formula is C18H26N4O4S. The Bertz CT molecular complexity index is 792. The summed E-state index contributed by atoms with van der Waals surface area (Å²) in [6, 6.07) is 1.66. The summed E-state index contributed by atoms with van der Waals surface area (Å²) in [4.78, 5) is 28.9. The van der Waals surface area contributed by atoms with Gasteiger partial charge in [-0.25, -0.2) is 14.6 Å². The first-order chi connectivity index (χ1) is 12.7. The predicted octanol–water partition coefficient (Wildman–Crippen LogP) is 4.10. The van der Waals surface area contributed by atoms with Gasteiger partial charge in [-0.2, -0.15) is 0 Å². The van der Waals surface area contributed by atoms with Gasteiger partial charge < -0.3 is 19.4 Å². The number of ether oxygens (including phenoxy) is 2. The van der Waals surface area contributed by atoms with Gasteiger partial charge in [-0.05, 0) is 40.7 Å². The van der Waals surface area contributed by atoms with E-state index in [9.17, 15) is 9.59 Å². The van der Waals surface area contributed by atoms with Gasteiger partial charge in [-0.3, -0.25) is 5.32 Å². The Balaban J connectivity index is 2.19. The summed E-state index contributed by atoms with van der Waals surface area (Å²) in [5.41, 5.74) is -0.00955. The Labute approximate surface area is 162 Å². The van der Waals surface area contributed by atoms with E-state index in [4.69, 9.17) is 9.47 Å². The Morgan fingerprint density at radius 3 is 2.67 bits per heavy atom. The summed E-state index contributed by atoms with van der Waals surface area (Å²) < 4.78 is 12.4. The molecule has 0 aliphatic rings. The third-order valence-corrected chi connectivity index (χ3v) is 4.43. The summed E-state index contributed by atoms with van der Waals surface area (Å²) in [6.45, 7) is 10.7. The lowest BCUT2D eigenvalue weighted by molar-refractivity contribution is 0.0531. The van der Waals surface area contributed by atoms with Crippen LogP contribution in [0.5, 0.6) is 0 Å². The van der Waals surface area contributed by atoms with Gasteiger partial charge in [-0.1, -0.05) is 0 Å². The van der Waals surface area contributed by atoms with Crippen LogP contribution in [0.3, 0.4) is 0 Å². The van der Waals surface area contributed by atoms with E-state index in [2.05, 4.69) is 15.6 Å². The molecule has 0 aliphatic carbocycles. The number of esters is 1. The minimum atomic E-state index is -0.620. The van der Waals surface area contributed by atoms with Crippen LogP contribution in [0.1, 0.15) is 50.1 Å². The van der Waals surface area contributed by atoms with Gasteiger partial charge in [0.15, 0.2) is 0 Å². The Kier molecular flexibility index (Phi) is 6.84. The van der Waals surface area contributed by atoms with E-state index in [-0.39, 0.29) is 6.61 Å². The third kappa shape index (κ3) is 5.99. The van der Waals surface area contributed by atoms with Gasteiger partial charge in [0.25, 0.3) is 0 Å². The van der Waals surface area contributed by atoms with Crippen LogP contribution in [0.4, 0.5) is 15.5 Å². The van der Waals surface area contributed by atoms with Crippen molar-refractivity contribution in [3.05, 3.63) is 29.2 Å². The van der Waals surface area contributed by atoms with Crippen LogP contribution < -0.4 is 10.6 Å². The van der Waals surface area contributed by atoms with E-state index >= 15 is 0 Å². The second kappa shape index (κ2) is 8.90. The number of carbonyl (C=O) groups is 2. The third-order valence-electron chi connectivity index (χ3n) is 3.40. The monoisotopic (exact) mass is 394 g/mol. The molecule has 2 aromatic rings. The van der Waals surface area contributed by atoms with Crippen molar-refractivity contribution in [2.24, 2.45) is 0 Å². The second-order valence-electron chi connectivity index (χ2n) is 6.68. The summed E-state index contributed by atoms with van der Waals surface area (Å²) >= 11 is 1.13. The molecule has 0 atom stereocenters. The minimum absolute atomic E-state index is 0.280. The fourth-order valence-electron chi connectivity index (χ4n) is 2.28. The van der Waals surface area contributed by atoms with Gasteiger partial charge in [0.2, 0.25) is 0 Å². The highest BCUT2D eigenvalue weighted by molar-refractivity contribution is 7.18. The van der Waals surface area contributed by atoms with Crippen LogP contribution in [0.2, 0.25) is 0 Å². The molecule has 0 spiro atoms. The molecule has 0 unspecified atom stereocenters. The second-order valence-corrected chi connectivity index (χ2v) is 7.74. The number of carbonyl (C=O) groups excluding carboxylic acids is 2.